The summed E-state index contributed by atoms with van der Waals surface area (Å²) >= 11 is 0. The number of nitrogens with one attached hydrogen (secondary N) is 1. The maximum atomic E-state index is 12.9. The third-order valence-corrected chi connectivity index (χ3v) is 5.89. The van der Waals surface area contributed by atoms with Crippen LogP contribution in [0.3, 0.4) is 0 Å². The smallest absolute Gasteiger partial charge is 0.244 e. The molecule has 1 spiro atoms. The monoisotopic (exact) mass is 262 g/mol. The molecule has 1 saturated heterocycles. The van der Waals surface area contributed by atoms with Gasteiger partial charge in [0.1, 0.15) is 0 Å². The molecule has 3 heteroatoms. The molecule has 1 heterocycles. The van der Waals surface area contributed by atoms with Crippen molar-refractivity contribution >= 4 is 5.91 Å². The molecule has 1 atom stereocenters. The molecule has 3 saturated carbocycles. The number of nitrogens with zero attached hydrogens (tertiary/aromatic N) is 1. The van der Waals surface area contributed by atoms with Gasteiger partial charge >= 0.3 is 0 Å². The van der Waals surface area contributed by atoms with E-state index in [1.807, 2.05) is 0 Å². The van der Waals surface area contributed by atoms with Crippen molar-refractivity contribution in [3.8, 4) is 0 Å². The molecule has 4 fully saturated rings. The molecule has 0 radical (unpaired) electrons. The van der Waals surface area contributed by atoms with Gasteiger partial charge in [0.2, 0.25) is 5.91 Å². The van der Waals surface area contributed by atoms with Crippen molar-refractivity contribution in [2.75, 3.05) is 6.54 Å². The zero-order valence-corrected chi connectivity index (χ0v) is 11.9. The van der Waals surface area contributed by atoms with E-state index in [4.69, 9.17) is 0 Å². The Morgan fingerprint density at radius 2 is 1.74 bits per heavy atom. The van der Waals surface area contributed by atoms with Crippen LogP contribution in [-0.4, -0.2) is 29.1 Å². The summed E-state index contributed by atoms with van der Waals surface area (Å²) < 4.78 is 0. The van der Waals surface area contributed by atoms with Crippen molar-refractivity contribution in [1.82, 2.24) is 10.2 Å². The number of carbonyl (C=O) groups is 1. The Balaban J connectivity index is 1.57. The largest absolute Gasteiger partial charge is 0.325 e. The van der Waals surface area contributed by atoms with Gasteiger partial charge in [0.15, 0.2) is 0 Å². The van der Waals surface area contributed by atoms with Gasteiger partial charge in [0, 0.05) is 6.54 Å². The average molecular weight is 262 g/mol. The van der Waals surface area contributed by atoms with Crippen LogP contribution >= 0.6 is 0 Å². The Morgan fingerprint density at radius 1 is 1.05 bits per heavy atom. The maximum absolute atomic E-state index is 12.9. The van der Waals surface area contributed by atoms with Gasteiger partial charge in [-0.15, -0.1) is 0 Å². The molecule has 4 rings (SSSR count). The second kappa shape index (κ2) is 4.47. The number of amides is 1. The van der Waals surface area contributed by atoms with Crippen LogP contribution in [0.2, 0.25) is 0 Å². The second-order valence-electron chi connectivity index (χ2n) is 7.32. The minimum Gasteiger partial charge on any atom is -0.325 e. The van der Waals surface area contributed by atoms with Crippen LogP contribution < -0.4 is 5.32 Å². The maximum Gasteiger partial charge on any atom is 0.244 e. The number of hydrogen-bond donors (Lipinski definition) is 1. The number of rotatable bonds is 3. The fourth-order valence-electron chi connectivity index (χ4n) is 4.58. The Labute approximate surface area is 116 Å². The van der Waals surface area contributed by atoms with Gasteiger partial charge < -0.3 is 4.90 Å². The average Bonchev–Trinajstić information content (AvgIpc) is 2.84. The van der Waals surface area contributed by atoms with Crippen molar-refractivity contribution in [3.05, 3.63) is 0 Å². The van der Waals surface area contributed by atoms with E-state index in [1.165, 1.54) is 51.4 Å². The molecule has 106 valence electrons. The first kappa shape index (κ1) is 12.2. The molecule has 1 amide bonds. The lowest BCUT2D eigenvalue weighted by molar-refractivity contribution is -0.133. The topological polar surface area (TPSA) is 32.3 Å². The van der Waals surface area contributed by atoms with Gasteiger partial charge in [-0.2, -0.15) is 0 Å². The highest BCUT2D eigenvalue weighted by Crippen LogP contribution is 2.42. The fraction of sp³-hybridized carbons (Fsp3) is 0.938. The Kier molecular flexibility index (Phi) is 2.87. The Hall–Kier alpha value is -0.570. The molecular weight excluding hydrogens is 236 g/mol. The first-order chi connectivity index (χ1) is 9.28. The molecule has 0 bridgehead atoms. The highest BCUT2D eigenvalue weighted by atomic mass is 16.2. The van der Waals surface area contributed by atoms with Gasteiger partial charge in [-0.3, -0.25) is 10.1 Å². The van der Waals surface area contributed by atoms with Crippen LogP contribution in [0.25, 0.3) is 0 Å². The van der Waals surface area contributed by atoms with Crippen molar-refractivity contribution in [2.45, 2.75) is 75.9 Å². The van der Waals surface area contributed by atoms with Gasteiger partial charge in [-0.1, -0.05) is 25.7 Å². The SMILES string of the molecule is O=C1N(CC2CC2)C(C2CCCC2)NC12CCCC2. The molecule has 4 aliphatic rings. The molecule has 1 N–H and O–H groups in total. The minimum absolute atomic E-state index is 0.151. The van der Waals surface area contributed by atoms with Gasteiger partial charge in [0.25, 0.3) is 0 Å². The molecule has 3 nitrogen and oxygen atoms in total. The van der Waals surface area contributed by atoms with Crippen molar-refractivity contribution in [2.24, 2.45) is 11.8 Å². The molecule has 1 aliphatic heterocycles. The van der Waals surface area contributed by atoms with Gasteiger partial charge in [-0.05, 0) is 50.4 Å². The Morgan fingerprint density at radius 3 is 2.37 bits per heavy atom. The zero-order valence-electron chi connectivity index (χ0n) is 11.9. The van der Waals surface area contributed by atoms with Crippen LogP contribution in [0.15, 0.2) is 0 Å². The molecule has 0 aromatic rings. The summed E-state index contributed by atoms with van der Waals surface area (Å²) in [4.78, 5) is 15.2. The minimum atomic E-state index is -0.151. The van der Waals surface area contributed by atoms with Crippen LogP contribution in [-0.2, 0) is 4.79 Å². The summed E-state index contributed by atoms with van der Waals surface area (Å²) in [6.45, 7) is 1.04. The summed E-state index contributed by atoms with van der Waals surface area (Å²) in [5.41, 5.74) is -0.151. The van der Waals surface area contributed by atoms with Gasteiger partial charge in [0.05, 0.1) is 11.7 Å². The predicted molar refractivity (Wildman–Crippen MR) is 74.5 cm³/mol. The third kappa shape index (κ3) is 2.01. The van der Waals surface area contributed by atoms with Gasteiger partial charge in [-0.25, -0.2) is 0 Å². The lowest BCUT2D eigenvalue weighted by Crippen LogP contribution is -2.46. The second-order valence-corrected chi connectivity index (χ2v) is 7.32. The first-order valence-electron chi connectivity index (χ1n) is 8.37. The molecule has 19 heavy (non-hydrogen) atoms. The van der Waals surface area contributed by atoms with Crippen molar-refractivity contribution in [1.29, 1.82) is 0 Å². The van der Waals surface area contributed by atoms with E-state index in [2.05, 4.69) is 10.2 Å². The third-order valence-electron chi connectivity index (χ3n) is 5.89. The normalized spacial score (nSPS) is 34.8. The summed E-state index contributed by atoms with van der Waals surface area (Å²) in [5, 5.41) is 3.82. The van der Waals surface area contributed by atoms with Crippen LogP contribution in [0.4, 0.5) is 0 Å². The lowest BCUT2D eigenvalue weighted by atomic mass is 9.97. The van der Waals surface area contributed by atoms with E-state index in [9.17, 15) is 4.79 Å². The highest BCUT2D eigenvalue weighted by molar-refractivity contribution is 5.89. The Bertz CT molecular complexity index is 365. The molecule has 0 aromatic carbocycles. The predicted octanol–water partition coefficient (Wildman–Crippen LogP) is 2.66. The molecular formula is C16H26N2O. The van der Waals surface area contributed by atoms with Crippen LogP contribution in [0.1, 0.15) is 64.2 Å². The quantitative estimate of drug-likeness (QED) is 0.848. The first-order valence-corrected chi connectivity index (χ1v) is 8.37. The number of hydrogen-bond acceptors (Lipinski definition) is 2. The fourth-order valence-corrected chi connectivity index (χ4v) is 4.58. The highest BCUT2D eigenvalue weighted by Gasteiger charge is 2.54. The summed E-state index contributed by atoms with van der Waals surface area (Å²) in [6, 6.07) is 0. The van der Waals surface area contributed by atoms with E-state index in [-0.39, 0.29) is 5.54 Å². The van der Waals surface area contributed by atoms with Crippen LogP contribution in [0.5, 0.6) is 0 Å². The van der Waals surface area contributed by atoms with E-state index < -0.39 is 0 Å². The summed E-state index contributed by atoms with van der Waals surface area (Å²) in [5.74, 6) is 1.99. The van der Waals surface area contributed by atoms with E-state index >= 15 is 0 Å². The standard InChI is InChI=1S/C16H26N2O/c19-15-16(9-3-4-10-16)17-14(13-5-1-2-6-13)18(15)11-12-7-8-12/h12-14,17H,1-11H2. The lowest BCUT2D eigenvalue weighted by Gasteiger charge is -2.29. The zero-order chi connectivity index (χ0) is 12.9. The number of carbonyl (C=O) groups excluding carboxylic acids is 1. The van der Waals surface area contributed by atoms with Crippen LogP contribution in [0, 0.1) is 11.8 Å². The molecule has 3 aliphatic carbocycles. The van der Waals surface area contributed by atoms with E-state index in [0.717, 1.165) is 31.2 Å². The molecule has 0 aromatic heterocycles. The summed E-state index contributed by atoms with van der Waals surface area (Å²) in [6.07, 6.45) is 13.0. The summed E-state index contributed by atoms with van der Waals surface area (Å²) in [7, 11) is 0. The van der Waals surface area contributed by atoms with Crippen molar-refractivity contribution in [3.63, 3.8) is 0 Å². The van der Waals surface area contributed by atoms with E-state index in [0.29, 0.717) is 12.1 Å². The van der Waals surface area contributed by atoms with E-state index in [1.54, 1.807) is 0 Å². The van der Waals surface area contributed by atoms with Crippen molar-refractivity contribution < 1.29 is 4.79 Å². The molecule has 1 unspecified atom stereocenters.